The molecule has 5 rings (SSSR count). The first-order chi connectivity index (χ1) is 15.5. The average Bonchev–Trinajstić information content (AvgIpc) is 3.37. The molecule has 1 amide bonds. The molecule has 32 heavy (non-hydrogen) atoms. The molecule has 1 aromatic carbocycles. The Morgan fingerprint density at radius 1 is 1.28 bits per heavy atom. The van der Waals surface area contributed by atoms with Gasteiger partial charge < -0.3 is 9.47 Å². The van der Waals surface area contributed by atoms with Crippen LogP contribution in [0.2, 0.25) is 0 Å². The zero-order valence-electron chi connectivity index (χ0n) is 17.9. The summed E-state index contributed by atoms with van der Waals surface area (Å²) in [6, 6.07) is 6.54. The predicted octanol–water partition coefficient (Wildman–Crippen LogP) is 3.95. The zero-order valence-corrected chi connectivity index (χ0v) is 18.7. The van der Waals surface area contributed by atoms with Gasteiger partial charge in [-0.15, -0.1) is 10.2 Å². The highest BCUT2D eigenvalue weighted by Gasteiger charge is 2.54. The number of aromatic nitrogens is 2. The van der Waals surface area contributed by atoms with E-state index < -0.39 is 30.1 Å². The van der Waals surface area contributed by atoms with E-state index in [0.717, 1.165) is 17.8 Å². The van der Waals surface area contributed by atoms with Crippen molar-refractivity contribution in [2.75, 3.05) is 12.0 Å². The van der Waals surface area contributed by atoms with Gasteiger partial charge in [0.05, 0.1) is 24.6 Å². The Balaban J connectivity index is 1.62. The van der Waals surface area contributed by atoms with E-state index in [1.807, 2.05) is 19.1 Å². The first kappa shape index (κ1) is 21.1. The van der Waals surface area contributed by atoms with E-state index in [1.165, 1.54) is 16.2 Å². The van der Waals surface area contributed by atoms with Gasteiger partial charge in [-0.05, 0) is 43.4 Å². The number of carbonyl (C=O) groups excluding carboxylic acids is 2. The highest BCUT2D eigenvalue weighted by Crippen LogP contribution is 2.49. The molecular weight excluding hydrogens is 433 g/mol. The second kappa shape index (κ2) is 8.27. The fraction of sp³-hybridized carbons (Fsp3) is 0.478. The van der Waals surface area contributed by atoms with Crippen molar-refractivity contribution >= 4 is 28.2 Å². The fourth-order valence-electron chi connectivity index (χ4n) is 4.80. The molecule has 3 aliphatic rings. The number of fused-ring (bicyclic) bond motifs is 1. The maximum atomic E-state index is 14.1. The van der Waals surface area contributed by atoms with Crippen LogP contribution in [0.25, 0.3) is 0 Å². The molecule has 0 radical (unpaired) electrons. The van der Waals surface area contributed by atoms with Crippen LogP contribution in [0.3, 0.4) is 0 Å². The standard InChI is InChI=1S/C23H24FN3O4S/c1-3-5-17-25-26-23(32-17)27-19(12-6-4-7-14(10-12)30-2)18-20(28)15-11-13(24)8-9-16(15)31-21(18)22(27)29/h4,6-7,10,13,15-16,19H,3,5,8-9,11H2,1-2H3. The third kappa shape index (κ3) is 3.39. The SMILES string of the molecule is CCCc1nnc(N2C(=O)C3=C(C(=O)C4CC(F)CCC4O3)C2c2cccc(OC)c2)s1. The topological polar surface area (TPSA) is 81.6 Å². The minimum Gasteiger partial charge on any atom is -0.497 e. The van der Waals surface area contributed by atoms with Crippen LogP contribution in [-0.2, 0) is 20.7 Å². The minimum absolute atomic E-state index is 0.0635. The van der Waals surface area contributed by atoms with Gasteiger partial charge in [0, 0.05) is 6.42 Å². The largest absolute Gasteiger partial charge is 0.497 e. The lowest BCUT2D eigenvalue weighted by molar-refractivity contribution is -0.133. The molecule has 1 aliphatic carbocycles. The molecule has 2 aromatic rings. The summed E-state index contributed by atoms with van der Waals surface area (Å²) in [4.78, 5) is 28.7. The Hall–Kier alpha value is -2.81. The van der Waals surface area contributed by atoms with Crippen molar-refractivity contribution in [1.82, 2.24) is 10.2 Å². The van der Waals surface area contributed by atoms with E-state index in [1.54, 1.807) is 19.2 Å². The van der Waals surface area contributed by atoms with E-state index >= 15 is 0 Å². The predicted molar refractivity (Wildman–Crippen MR) is 116 cm³/mol. The first-order valence-corrected chi connectivity index (χ1v) is 11.7. The summed E-state index contributed by atoms with van der Waals surface area (Å²) < 4.78 is 25.6. The summed E-state index contributed by atoms with van der Waals surface area (Å²) in [5, 5.41) is 9.73. The number of methoxy groups -OCH3 is 1. The molecule has 0 spiro atoms. The number of halogens is 1. The molecule has 2 aliphatic heterocycles. The molecule has 9 heteroatoms. The first-order valence-electron chi connectivity index (χ1n) is 10.9. The van der Waals surface area contributed by atoms with E-state index in [9.17, 15) is 14.0 Å². The normalized spacial score (nSPS) is 27.3. The number of carbonyl (C=O) groups is 2. The number of hydrogen-bond acceptors (Lipinski definition) is 7. The van der Waals surface area contributed by atoms with Crippen molar-refractivity contribution in [2.45, 2.75) is 57.3 Å². The van der Waals surface area contributed by atoms with Gasteiger partial charge in [0.1, 0.15) is 23.0 Å². The molecule has 168 valence electrons. The van der Waals surface area contributed by atoms with Crippen molar-refractivity contribution in [3.05, 3.63) is 46.2 Å². The maximum absolute atomic E-state index is 14.1. The molecule has 1 fully saturated rings. The number of aryl methyl sites for hydroxylation is 1. The second-order valence-corrected chi connectivity index (χ2v) is 9.40. The van der Waals surface area contributed by atoms with Crippen LogP contribution in [0, 0.1) is 5.92 Å². The van der Waals surface area contributed by atoms with Crippen molar-refractivity contribution in [3.63, 3.8) is 0 Å². The van der Waals surface area contributed by atoms with E-state index in [2.05, 4.69) is 10.2 Å². The minimum atomic E-state index is -1.03. The van der Waals surface area contributed by atoms with Gasteiger partial charge in [0.2, 0.25) is 5.13 Å². The summed E-state index contributed by atoms with van der Waals surface area (Å²) >= 11 is 1.34. The lowest BCUT2D eigenvalue weighted by Crippen LogP contribution is -2.42. The third-order valence-electron chi connectivity index (χ3n) is 6.32. The second-order valence-electron chi connectivity index (χ2n) is 8.36. The van der Waals surface area contributed by atoms with Gasteiger partial charge >= 0.3 is 0 Å². The summed E-state index contributed by atoms with van der Waals surface area (Å²) in [5.41, 5.74) is 0.990. The monoisotopic (exact) mass is 457 g/mol. The van der Waals surface area contributed by atoms with Crippen molar-refractivity contribution in [1.29, 1.82) is 0 Å². The number of Topliss-reactive ketones (excluding diaryl/α,β-unsaturated/α-hetero) is 1. The average molecular weight is 458 g/mol. The molecule has 0 N–H and O–H groups in total. The molecule has 0 saturated heterocycles. The highest BCUT2D eigenvalue weighted by atomic mass is 32.1. The van der Waals surface area contributed by atoms with E-state index in [-0.39, 0.29) is 23.5 Å². The fourth-order valence-corrected chi connectivity index (χ4v) is 5.76. The smallest absolute Gasteiger partial charge is 0.296 e. The van der Waals surface area contributed by atoms with Gasteiger partial charge in [-0.1, -0.05) is 30.4 Å². The Morgan fingerprint density at radius 3 is 2.91 bits per heavy atom. The lowest BCUT2D eigenvalue weighted by atomic mass is 9.77. The number of ketones is 1. The van der Waals surface area contributed by atoms with Crippen LogP contribution in [0.15, 0.2) is 35.6 Å². The number of hydrogen-bond donors (Lipinski definition) is 0. The van der Waals surface area contributed by atoms with Gasteiger partial charge in [-0.25, -0.2) is 4.39 Å². The zero-order chi connectivity index (χ0) is 22.4. The van der Waals surface area contributed by atoms with E-state index in [4.69, 9.17) is 9.47 Å². The summed E-state index contributed by atoms with van der Waals surface area (Å²) in [6.45, 7) is 2.05. The number of anilines is 1. The molecule has 3 heterocycles. The molecule has 4 unspecified atom stereocenters. The molecule has 0 bridgehead atoms. The van der Waals surface area contributed by atoms with Crippen molar-refractivity contribution < 1.29 is 23.5 Å². The Labute approximate surface area is 189 Å². The van der Waals surface area contributed by atoms with Gasteiger partial charge in [-0.2, -0.15) is 0 Å². The Kier molecular flexibility index (Phi) is 5.44. The third-order valence-corrected chi connectivity index (χ3v) is 7.30. The summed E-state index contributed by atoms with van der Waals surface area (Å²) in [5.74, 6) is -0.518. The van der Waals surface area contributed by atoms with Crippen LogP contribution < -0.4 is 9.64 Å². The molecule has 7 nitrogen and oxygen atoms in total. The van der Waals surface area contributed by atoms with Crippen molar-refractivity contribution in [3.8, 4) is 5.75 Å². The molecule has 1 saturated carbocycles. The van der Waals surface area contributed by atoms with Gasteiger partial charge in [0.25, 0.3) is 5.91 Å². The lowest BCUT2D eigenvalue weighted by Gasteiger charge is -2.36. The summed E-state index contributed by atoms with van der Waals surface area (Å²) in [6.07, 6.45) is 1.05. The van der Waals surface area contributed by atoms with Crippen LogP contribution in [0.4, 0.5) is 9.52 Å². The van der Waals surface area contributed by atoms with Gasteiger partial charge in [0.15, 0.2) is 11.5 Å². The quantitative estimate of drug-likeness (QED) is 0.676. The number of nitrogens with zero attached hydrogens (tertiary/aromatic N) is 3. The Morgan fingerprint density at radius 2 is 2.12 bits per heavy atom. The van der Waals surface area contributed by atoms with E-state index in [0.29, 0.717) is 29.3 Å². The number of alkyl halides is 1. The number of rotatable bonds is 5. The molecule has 4 atom stereocenters. The number of ether oxygens (including phenoxy) is 2. The Bertz CT molecular complexity index is 1100. The van der Waals surface area contributed by atoms with Crippen molar-refractivity contribution in [2.24, 2.45) is 5.92 Å². The highest BCUT2D eigenvalue weighted by molar-refractivity contribution is 7.15. The number of amides is 1. The number of benzene rings is 1. The van der Waals surface area contributed by atoms with Crippen LogP contribution >= 0.6 is 11.3 Å². The van der Waals surface area contributed by atoms with Gasteiger partial charge in [-0.3, -0.25) is 14.5 Å². The van der Waals surface area contributed by atoms with Crippen LogP contribution in [0.5, 0.6) is 5.75 Å². The molecular formula is C23H24FN3O4S. The summed E-state index contributed by atoms with van der Waals surface area (Å²) in [7, 11) is 1.56. The van der Waals surface area contributed by atoms with Crippen LogP contribution in [-0.4, -0.2) is 41.3 Å². The maximum Gasteiger partial charge on any atom is 0.296 e. The van der Waals surface area contributed by atoms with Crippen LogP contribution in [0.1, 0.15) is 49.2 Å². The molecule has 1 aromatic heterocycles.